The van der Waals surface area contributed by atoms with Crippen LogP contribution < -0.4 is 10.6 Å². The van der Waals surface area contributed by atoms with Crippen molar-refractivity contribution in [3.05, 3.63) is 60.3 Å². The number of aromatic nitrogens is 1. The lowest BCUT2D eigenvalue weighted by Gasteiger charge is -2.17. The van der Waals surface area contributed by atoms with Gasteiger partial charge in [0.2, 0.25) is 5.91 Å². The first-order valence-electron chi connectivity index (χ1n) is 7.30. The molecule has 6 nitrogen and oxygen atoms in total. The van der Waals surface area contributed by atoms with E-state index in [1.54, 1.807) is 24.4 Å². The summed E-state index contributed by atoms with van der Waals surface area (Å²) in [4.78, 5) is 23.3. The topological polar surface area (TPSA) is 91.3 Å². The van der Waals surface area contributed by atoms with Gasteiger partial charge in [0.05, 0.1) is 17.2 Å². The molecule has 0 saturated carbocycles. The molecule has 122 valence electrons. The van der Waals surface area contributed by atoms with Crippen molar-refractivity contribution in [2.75, 3.05) is 5.32 Å². The Hall–Kier alpha value is -2.93. The predicted octanol–water partition coefficient (Wildman–Crippen LogP) is 3.63. The summed E-state index contributed by atoms with van der Waals surface area (Å²) >= 11 is 1.36. The van der Waals surface area contributed by atoms with Gasteiger partial charge in [-0.2, -0.15) is 4.37 Å². The van der Waals surface area contributed by atoms with Crippen LogP contribution in [0.4, 0.5) is 10.5 Å². The highest BCUT2D eigenvalue weighted by Crippen LogP contribution is 2.23. The fourth-order valence-corrected chi connectivity index (χ4v) is 3.11. The highest BCUT2D eigenvalue weighted by molar-refractivity contribution is 7.13. The quantitative estimate of drug-likeness (QED) is 0.661. The molecule has 2 aromatic carbocycles. The molecule has 0 bridgehead atoms. The third-order valence-corrected chi connectivity index (χ3v) is 4.29. The second-order valence-corrected chi connectivity index (χ2v) is 6.08. The zero-order valence-electron chi connectivity index (χ0n) is 12.6. The first kappa shape index (κ1) is 15.9. The first-order valence-corrected chi connectivity index (χ1v) is 8.08. The number of nitrogens with zero attached hydrogens (tertiary/aromatic N) is 1. The van der Waals surface area contributed by atoms with E-state index in [0.29, 0.717) is 5.69 Å². The summed E-state index contributed by atoms with van der Waals surface area (Å²) in [6.45, 7) is 0. The summed E-state index contributed by atoms with van der Waals surface area (Å²) in [5.41, 5.74) is 1.41. The Morgan fingerprint density at radius 3 is 2.71 bits per heavy atom. The molecule has 0 unspecified atom stereocenters. The van der Waals surface area contributed by atoms with Crippen LogP contribution in [0.1, 0.15) is 18.0 Å². The van der Waals surface area contributed by atoms with E-state index in [4.69, 9.17) is 5.11 Å². The van der Waals surface area contributed by atoms with Gasteiger partial charge in [-0.05, 0) is 35.3 Å². The Bertz CT molecular complexity index is 864. The van der Waals surface area contributed by atoms with E-state index in [1.807, 2.05) is 30.3 Å². The number of carbonyl (C=O) groups excluding carboxylic acids is 1. The van der Waals surface area contributed by atoms with E-state index in [2.05, 4.69) is 15.0 Å². The molecule has 0 aliphatic heterocycles. The van der Waals surface area contributed by atoms with Crippen LogP contribution in [0.3, 0.4) is 0 Å². The minimum Gasteiger partial charge on any atom is -0.465 e. The van der Waals surface area contributed by atoms with Gasteiger partial charge < -0.3 is 15.7 Å². The van der Waals surface area contributed by atoms with Gasteiger partial charge in [0.15, 0.2) is 0 Å². The van der Waals surface area contributed by atoms with Crippen LogP contribution in [0.5, 0.6) is 0 Å². The van der Waals surface area contributed by atoms with Crippen LogP contribution in [0.25, 0.3) is 10.1 Å². The van der Waals surface area contributed by atoms with Gasteiger partial charge in [-0.1, -0.05) is 30.3 Å². The van der Waals surface area contributed by atoms with E-state index in [0.717, 1.165) is 15.6 Å². The zero-order valence-corrected chi connectivity index (χ0v) is 13.4. The molecule has 24 heavy (non-hydrogen) atoms. The molecule has 2 amide bonds. The van der Waals surface area contributed by atoms with Gasteiger partial charge in [-0.3, -0.25) is 4.79 Å². The van der Waals surface area contributed by atoms with Crippen molar-refractivity contribution in [1.29, 1.82) is 0 Å². The Labute approximate surface area is 142 Å². The Balaban J connectivity index is 1.71. The van der Waals surface area contributed by atoms with Gasteiger partial charge in [-0.25, -0.2) is 4.79 Å². The van der Waals surface area contributed by atoms with Gasteiger partial charge in [0.25, 0.3) is 0 Å². The number of hydrogen-bond donors (Lipinski definition) is 3. The maximum absolute atomic E-state index is 12.3. The summed E-state index contributed by atoms with van der Waals surface area (Å²) in [7, 11) is 0. The maximum atomic E-state index is 12.3. The van der Waals surface area contributed by atoms with E-state index in [9.17, 15) is 9.59 Å². The molecule has 0 radical (unpaired) electrons. The lowest BCUT2D eigenvalue weighted by molar-refractivity contribution is -0.116. The second kappa shape index (κ2) is 7.10. The highest BCUT2D eigenvalue weighted by atomic mass is 32.1. The van der Waals surface area contributed by atoms with E-state index in [-0.39, 0.29) is 12.3 Å². The van der Waals surface area contributed by atoms with Crippen molar-refractivity contribution in [3.8, 4) is 0 Å². The van der Waals surface area contributed by atoms with E-state index in [1.165, 1.54) is 11.5 Å². The number of hydrogen-bond acceptors (Lipinski definition) is 4. The highest BCUT2D eigenvalue weighted by Gasteiger charge is 2.18. The Morgan fingerprint density at radius 1 is 1.17 bits per heavy atom. The van der Waals surface area contributed by atoms with Crippen molar-refractivity contribution in [3.63, 3.8) is 0 Å². The van der Waals surface area contributed by atoms with Crippen molar-refractivity contribution in [2.45, 2.75) is 12.5 Å². The van der Waals surface area contributed by atoms with Crippen molar-refractivity contribution in [2.24, 2.45) is 0 Å². The molecule has 0 spiro atoms. The van der Waals surface area contributed by atoms with Gasteiger partial charge in [-0.15, -0.1) is 0 Å². The van der Waals surface area contributed by atoms with E-state index >= 15 is 0 Å². The second-order valence-electron chi connectivity index (χ2n) is 5.24. The monoisotopic (exact) mass is 341 g/mol. The smallest absolute Gasteiger partial charge is 0.405 e. The molecule has 0 aliphatic rings. The molecule has 1 atom stereocenters. The van der Waals surface area contributed by atoms with Gasteiger partial charge >= 0.3 is 6.09 Å². The molecule has 0 aliphatic carbocycles. The minimum atomic E-state index is -1.16. The molecule has 1 heterocycles. The van der Waals surface area contributed by atoms with Crippen molar-refractivity contribution < 1.29 is 14.7 Å². The molecule has 3 N–H and O–H groups in total. The fourth-order valence-electron chi connectivity index (χ4n) is 2.42. The number of amides is 2. The Morgan fingerprint density at radius 2 is 1.96 bits per heavy atom. The summed E-state index contributed by atoms with van der Waals surface area (Å²) < 4.78 is 5.08. The molecular weight excluding hydrogens is 326 g/mol. The zero-order chi connectivity index (χ0) is 16.9. The van der Waals surface area contributed by atoms with Crippen LogP contribution >= 0.6 is 11.5 Å². The minimum absolute atomic E-state index is 0.0110. The van der Waals surface area contributed by atoms with Crippen molar-refractivity contribution >= 4 is 39.3 Å². The van der Waals surface area contributed by atoms with Crippen LogP contribution in [-0.4, -0.2) is 21.5 Å². The lowest BCUT2D eigenvalue weighted by Crippen LogP contribution is -2.30. The third-order valence-electron chi connectivity index (χ3n) is 3.53. The third kappa shape index (κ3) is 3.88. The van der Waals surface area contributed by atoms with Crippen LogP contribution in [-0.2, 0) is 4.79 Å². The average Bonchev–Trinajstić information content (AvgIpc) is 3.02. The Kier molecular flexibility index (Phi) is 4.72. The molecule has 1 aromatic heterocycles. The van der Waals surface area contributed by atoms with Crippen molar-refractivity contribution in [1.82, 2.24) is 9.69 Å². The first-order chi connectivity index (χ1) is 11.6. The largest absolute Gasteiger partial charge is 0.465 e. The normalized spacial score (nSPS) is 11.8. The average molecular weight is 341 g/mol. The van der Waals surface area contributed by atoms with Gasteiger partial charge in [0, 0.05) is 17.3 Å². The van der Waals surface area contributed by atoms with Crippen LogP contribution in [0, 0.1) is 0 Å². The van der Waals surface area contributed by atoms with Gasteiger partial charge in [0.1, 0.15) is 0 Å². The standard InChI is InChI=1S/C17H15N3O3S/c21-16(19-13-7-6-12-10-18-24-15(12)8-13)9-14(20-17(22)23)11-4-2-1-3-5-11/h1-8,10,14,20H,9H2,(H,19,21)(H,22,23)/t14-/m0/s1. The number of fused-ring (bicyclic) bond motifs is 1. The maximum Gasteiger partial charge on any atom is 0.405 e. The number of rotatable bonds is 5. The molecule has 0 saturated heterocycles. The summed E-state index contributed by atoms with van der Waals surface area (Å²) in [6.07, 6.45) is 0.618. The van der Waals surface area contributed by atoms with Crippen LogP contribution in [0.15, 0.2) is 54.7 Å². The fraction of sp³-hybridized carbons (Fsp3) is 0.118. The summed E-state index contributed by atoms with van der Waals surface area (Å²) in [5, 5.41) is 15.2. The molecule has 7 heteroatoms. The molecular formula is C17H15N3O3S. The lowest BCUT2D eigenvalue weighted by atomic mass is 10.0. The predicted molar refractivity (Wildman–Crippen MR) is 93.2 cm³/mol. The van der Waals surface area contributed by atoms with Crippen LogP contribution in [0.2, 0.25) is 0 Å². The number of anilines is 1. The van der Waals surface area contributed by atoms with E-state index < -0.39 is 12.1 Å². The summed E-state index contributed by atoms with van der Waals surface area (Å²) in [6, 6.07) is 14.0. The number of carboxylic acid groups (broad SMARTS) is 1. The number of carbonyl (C=O) groups is 2. The number of nitrogens with one attached hydrogen (secondary N) is 2. The molecule has 3 rings (SSSR count). The molecule has 0 fully saturated rings. The summed E-state index contributed by atoms with van der Waals surface area (Å²) in [5.74, 6) is -0.263. The molecule has 3 aromatic rings. The SMILES string of the molecule is O=C(O)N[C@@H](CC(=O)Nc1ccc2cnsc2c1)c1ccccc1. The number of benzene rings is 2.